The molecule has 2 aliphatic rings. The van der Waals surface area contributed by atoms with Gasteiger partial charge >= 0.3 is 0 Å². The molecule has 6 nitrogen and oxygen atoms in total. The number of aryl methyl sites for hydroxylation is 2. The number of H-pyrrole nitrogens is 1. The van der Waals surface area contributed by atoms with Gasteiger partial charge in [0, 0.05) is 24.2 Å². The van der Waals surface area contributed by atoms with Gasteiger partial charge in [0.2, 0.25) is 0 Å². The lowest BCUT2D eigenvalue weighted by Gasteiger charge is -2.18. The molecule has 1 aliphatic carbocycles. The minimum atomic E-state index is -0.125. The molecule has 116 valence electrons. The maximum atomic E-state index is 12.6. The smallest absolute Gasteiger partial charge is 0.277 e. The van der Waals surface area contributed by atoms with E-state index in [2.05, 4.69) is 32.0 Å². The summed E-state index contributed by atoms with van der Waals surface area (Å²) in [6, 6.07) is 0. The number of aromatic nitrogens is 4. The van der Waals surface area contributed by atoms with E-state index in [4.69, 9.17) is 0 Å². The maximum absolute atomic E-state index is 12.6. The van der Waals surface area contributed by atoms with Crippen LogP contribution < -0.4 is 5.32 Å². The molecule has 22 heavy (non-hydrogen) atoms. The van der Waals surface area contributed by atoms with Gasteiger partial charge < -0.3 is 9.88 Å². The van der Waals surface area contributed by atoms with Crippen LogP contribution in [0.15, 0.2) is 6.20 Å². The number of imidazole rings is 1. The summed E-state index contributed by atoms with van der Waals surface area (Å²) in [4.78, 5) is 17.0. The summed E-state index contributed by atoms with van der Waals surface area (Å²) in [5.74, 6) is 2.35. The monoisotopic (exact) mass is 299 g/mol. The number of hydrogen-bond acceptors (Lipinski definition) is 3. The molecule has 0 fully saturated rings. The molecule has 6 heteroatoms. The first-order valence-electron chi connectivity index (χ1n) is 8.14. The number of anilines is 1. The van der Waals surface area contributed by atoms with E-state index in [0.717, 1.165) is 61.5 Å². The van der Waals surface area contributed by atoms with Crippen molar-refractivity contribution in [3.63, 3.8) is 0 Å². The van der Waals surface area contributed by atoms with Crippen LogP contribution in [0.1, 0.15) is 53.8 Å². The number of nitrogens with one attached hydrogen (secondary N) is 2. The number of nitrogens with zero attached hydrogens (tertiary/aromatic N) is 3. The van der Waals surface area contributed by atoms with E-state index in [1.165, 1.54) is 6.42 Å². The lowest BCUT2D eigenvalue weighted by atomic mass is 9.88. The highest BCUT2D eigenvalue weighted by Crippen LogP contribution is 2.27. The van der Waals surface area contributed by atoms with E-state index in [9.17, 15) is 4.79 Å². The first-order valence-corrected chi connectivity index (χ1v) is 8.14. The van der Waals surface area contributed by atoms with E-state index >= 15 is 0 Å². The van der Waals surface area contributed by atoms with Crippen LogP contribution in [0.5, 0.6) is 0 Å². The molecule has 4 rings (SSSR count). The second-order valence-electron chi connectivity index (χ2n) is 6.50. The summed E-state index contributed by atoms with van der Waals surface area (Å²) in [5.41, 5.74) is 2.76. The fourth-order valence-electron chi connectivity index (χ4n) is 3.55. The Balaban J connectivity index is 1.58. The zero-order chi connectivity index (χ0) is 15.1. The molecule has 0 saturated heterocycles. The van der Waals surface area contributed by atoms with Crippen molar-refractivity contribution >= 4 is 11.7 Å². The molecule has 2 N–H and O–H groups in total. The van der Waals surface area contributed by atoms with Gasteiger partial charge in [-0.3, -0.25) is 9.89 Å². The van der Waals surface area contributed by atoms with Gasteiger partial charge in [-0.15, -0.1) is 0 Å². The van der Waals surface area contributed by atoms with Gasteiger partial charge in [0.15, 0.2) is 5.69 Å². The Morgan fingerprint density at radius 2 is 2.32 bits per heavy atom. The van der Waals surface area contributed by atoms with Crippen molar-refractivity contribution in [1.29, 1.82) is 0 Å². The summed E-state index contributed by atoms with van der Waals surface area (Å²) in [6.45, 7) is 3.16. The molecule has 3 heterocycles. The van der Waals surface area contributed by atoms with Gasteiger partial charge in [-0.1, -0.05) is 6.92 Å². The Bertz CT molecular complexity index is 714. The standard InChI is InChI=1S/C16H21N5O/c1-10-5-6-12-11(8-10)15(20-19-12)16(22)18-14-9-17-13-4-2-3-7-21(13)14/h9-10H,2-8H2,1H3,(H,18,22)(H,19,20). The highest BCUT2D eigenvalue weighted by Gasteiger charge is 2.25. The van der Waals surface area contributed by atoms with E-state index in [0.29, 0.717) is 11.6 Å². The normalized spacial score (nSPS) is 20.3. The number of fused-ring (bicyclic) bond motifs is 2. The first-order chi connectivity index (χ1) is 10.7. The molecule has 1 aliphatic heterocycles. The van der Waals surface area contributed by atoms with Crippen LogP contribution >= 0.6 is 0 Å². The van der Waals surface area contributed by atoms with Crippen LogP contribution in [0, 0.1) is 5.92 Å². The lowest BCUT2D eigenvalue weighted by molar-refractivity contribution is 0.102. The average Bonchev–Trinajstić information content (AvgIpc) is 3.11. The van der Waals surface area contributed by atoms with E-state index in [1.807, 2.05) is 0 Å². The Hall–Kier alpha value is -2.11. The summed E-state index contributed by atoms with van der Waals surface area (Å²) >= 11 is 0. The quantitative estimate of drug-likeness (QED) is 0.893. The van der Waals surface area contributed by atoms with Crippen LogP contribution in [0.25, 0.3) is 0 Å². The second-order valence-corrected chi connectivity index (χ2v) is 6.50. The minimum Gasteiger partial charge on any atom is -0.315 e. The zero-order valence-electron chi connectivity index (χ0n) is 12.9. The van der Waals surface area contributed by atoms with E-state index in [-0.39, 0.29) is 5.91 Å². The Morgan fingerprint density at radius 1 is 1.41 bits per heavy atom. The first kappa shape index (κ1) is 13.5. The topological polar surface area (TPSA) is 75.6 Å². The van der Waals surface area contributed by atoms with Crippen molar-refractivity contribution in [3.05, 3.63) is 29.0 Å². The molecule has 1 unspecified atom stereocenters. The number of carbonyl (C=O) groups is 1. The van der Waals surface area contributed by atoms with E-state index < -0.39 is 0 Å². The predicted molar refractivity (Wildman–Crippen MR) is 82.9 cm³/mol. The number of carbonyl (C=O) groups excluding carboxylic acids is 1. The van der Waals surface area contributed by atoms with Crippen LogP contribution in [0.3, 0.4) is 0 Å². The van der Waals surface area contributed by atoms with E-state index in [1.54, 1.807) is 6.20 Å². The fourth-order valence-corrected chi connectivity index (χ4v) is 3.55. The zero-order valence-corrected chi connectivity index (χ0v) is 12.9. The van der Waals surface area contributed by atoms with Gasteiger partial charge in [0.05, 0.1) is 6.20 Å². The summed E-state index contributed by atoms with van der Waals surface area (Å²) in [5, 5.41) is 10.3. The molecule has 0 aromatic carbocycles. The van der Waals surface area contributed by atoms with Crippen LogP contribution in [-0.2, 0) is 25.8 Å². The summed E-state index contributed by atoms with van der Waals surface area (Å²) in [6.07, 6.45) is 8.15. The number of rotatable bonds is 2. The van der Waals surface area contributed by atoms with Gasteiger partial charge in [0.25, 0.3) is 5.91 Å². The van der Waals surface area contributed by atoms with Crippen molar-refractivity contribution in [2.45, 2.75) is 52.0 Å². The third-order valence-corrected chi connectivity index (χ3v) is 4.82. The molecule has 2 aromatic rings. The SMILES string of the molecule is CC1CCc2[nH]nc(C(=O)Nc3cnc4n3CCCC4)c2C1. The molecular weight excluding hydrogens is 278 g/mol. The number of aromatic amines is 1. The van der Waals surface area contributed by atoms with Crippen molar-refractivity contribution in [3.8, 4) is 0 Å². The molecule has 1 amide bonds. The molecular formula is C16H21N5O. The van der Waals surface area contributed by atoms with Crippen molar-refractivity contribution < 1.29 is 4.79 Å². The maximum Gasteiger partial charge on any atom is 0.277 e. The molecule has 0 spiro atoms. The molecule has 1 atom stereocenters. The Kier molecular flexibility index (Phi) is 3.24. The lowest BCUT2D eigenvalue weighted by Crippen LogP contribution is -2.20. The van der Waals surface area contributed by atoms with Crippen LogP contribution in [0.2, 0.25) is 0 Å². The third kappa shape index (κ3) is 2.23. The Morgan fingerprint density at radius 3 is 3.23 bits per heavy atom. The van der Waals surface area contributed by atoms with Crippen LogP contribution in [0.4, 0.5) is 5.82 Å². The van der Waals surface area contributed by atoms with Crippen molar-refractivity contribution in [2.24, 2.45) is 5.92 Å². The van der Waals surface area contributed by atoms with Crippen LogP contribution in [-0.4, -0.2) is 25.7 Å². The summed E-state index contributed by atoms with van der Waals surface area (Å²) in [7, 11) is 0. The third-order valence-electron chi connectivity index (χ3n) is 4.82. The van der Waals surface area contributed by atoms with Gasteiger partial charge in [0.1, 0.15) is 11.6 Å². The Labute approximate surface area is 129 Å². The number of amides is 1. The van der Waals surface area contributed by atoms with Gasteiger partial charge in [-0.05, 0) is 38.0 Å². The highest BCUT2D eigenvalue weighted by atomic mass is 16.2. The van der Waals surface area contributed by atoms with Gasteiger partial charge in [-0.25, -0.2) is 4.98 Å². The summed E-state index contributed by atoms with van der Waals surface area (Å²) < 4.78 is 2.11. The molecule has 0 bridgehead atoms. The minimum absolute atomic E-state index is 0.125. The molecule has 0 radical (unpaired) electrons. The second kappa shape index (κ2) is 5.26. The molecule has 0 saturated carbocycles. The van der Waals surface area contributed by atoms with Crippen molar-refractivity contribution in [1.82, 2.24) is 19.7 Å². The highest BCUT2D eigenvalue weighted by molar-refractivity contribution is 6.03. The average molecular weight is 299 g/mol. The molecule has 2 aromatic heterocycles. The fraction of sp³-hybridized carbons (Fsp3) is 0.562. The largest absolute Gasteiger partial charge is 0.315 e. The predicted octanol–water partition coefficient (Wildman–Crippen LogP) is 2.32. The number of hydrogen-bond donors (Lipinski definition) is 2. The van der Waals surface area contributed by atoms with Crippen molar-refractivity contribution in [2.75, 3.05) is 5.32 Å². The van der Waals surface area contributed by atoms with Gasteiger partial charge in [-0.2, -0.15) is 5.10 Å².